The summed E-state index contributed by atoms with van der Waals surface area (Å²) < 4.78 is 18.8. The van der Waals surface area contributed by atoms with Crippen molar-refractivity contribution in [2.45, 2.75) is 13.5 Å². The third-order valence-corrected chi connectivity index (χ3v) is 4.23. The van der Waals surface area contributed by atoms with Crippen molar-refractivity contribution in [3.05, 3.63) is 59.4 Å². The summed E-state index contributed by atoms with van der Waals surface area (Å²) in [6.45, 7) is 2.69. The maximum absolute atomic E-state index is 12.9. The van der Waals surface area contributed by atoms with Crippen LogP contribution in [0.5, 0.6) is 0 Å². The number of hydrogen-bond acceptors (Lipinski definition) is 5. The van der Waals surface area contributed by atoms with Crippen molar-refractivity contribution >= 4 is 32.7 Å². The molecule has 3 rings (SSSR count). The van der Waals surface area contributed by atoms with E-state index < -0.39 is 0 Å². The van der Waals surface area contributed by atoms with E-state index in [2.05, 4.69) is 10.3 Å². The van der Waals surface area contributed by atoms with Gasteiger partial charge in [-0.05, 0) is 42.8 Å². The van der Waals surface area contributed by atoms with Gasteiger partial charge in [-0.2, -0.15) is 0 Å². The Hall–Kier alpha value is -2.47. The Kier molecular flexibility index (Phi) is 4.52. The Bertz CT molecular complexity index is 830. The number of esters is 1. The number of ether oxygens (including phenoxy) is 1. The molecule has 1 heterocycles. The molecule has 4 nitrogen and oxygen atoms in total. The average molecular weight is 330 g/mol. The van der Waals surface area contributed by atoms with Crippen molar-refractivity contribution in [2.75, 3.05) is 11.9 Å². The molecule has 2 aromatic carbocycles. The lowest BCUT2D eigenvalue weighted by Gasteiger charge is -2.02. The molecule has 0 aliphatic rings. The first-order valence-corrected chi connectivity index (χ1v) is 8.03. The van der Waals surface area contributed by atoms with Crippen LogP contribution in [0.4, 0.5) is 9.52 Å². The lowest BCUT2D eigenvalue weighted by Crippen LogP contribution is -2.03. The second-order valence-electron chi connectivity index (χ2n) is 4.90. The number of carbonyl (C=O) groups is 1. The number of carbonyl (C=O) groups excluding carboxylic acids is 1. The molecule has 3 aromatic rings. The molecule has 0 radical (unpaired) electrons. The zero-order valence-electron chi connectivity index (χ0n) is 12.5. The second kappa shape index (κ2) is 6.75. The van der Waals surface area contributed by atoms with E-state index in [0.29, 0.717) is 18.7 Å². The minimum Gasteiger partial charge on any atom is -0.462 e. The fraction of sp³-hybridized carbons (Fsp3) is 0.176. The first-order chi connectivity index (χ1) is 11.2. The quantitative estimate of drug-likeness (QED) is 0.712. The Morgan fingerprint density at radius 1 is 1.26 bits per heavy atom. The van der Waals surface area contributed by atoms with Crippen LogP contribution in [0.15, 0.2) is 42.5 Å². The maximum atomic E-state index is 12.9. The smallest absolute Gasteiger partial charge is 0.338 e. The highest BCUT2D eigenvalue weighted by molar-refractivity contribution is 7.22. The first kappa shape index (κ1) is 15.4. The van der Waals surface area contributed by atoms with E-state index in [4.69, 9.17) is 4.74 Å². The summed E-state index contributed by atoms with van der Waals surface area (Å²) in [6, 6.07) is 11.6. The molecule has 118 valence electrons. The van der Waals surface area contributed by atoms with Gasteiger partial charge in [-0.1, -0.05) is 23.5 Å². The summed E-state index contributed by atoms with van der Waals surface area (Å²) in [7, 11) is 0. The van der Waals surface area contributed by atoms with Crippen molar-refractivity contribution in [3.8, 4) is 0 Å². The van der Waals surface area contributed by atoms with Gasteiger partial charge in [0.2, 0.25) is 0 Å². The van der Waals surface area contributed by atoms with Crippen LogP contribution < -0.4 is 5.32 Å². The van der Waals surface area contributed by atoms with Crippen molar-refractivity contribution in [3.63, 3.8) is 0 Å². The van der Waals surface area contributed by atoms with Gasteiger partial charge in [0.15, 0.2) is 5.13 Å². The van der Waals surface area contributed by atoms with E-state index in [0.717, 1.165) is 20.9 Å². The molecule has 23 heavy (non-hydrogen) atoms. The molecule has 1 aromatic heterocycles. The highest BCUT2D eigenvalue weighted by atomic mass is 32.1. The Balaban J connectivity index is 1.74. The largest absolute Gasteiger partial charge is 0.462 e. The molecular weight excluding hydrogens is 315 g/mol. The van der Waals surface area contributed by atoms with Gasteiger partial charge in [0.25, 0.3) is 0 Å². The molecule has 0 unspecified atom stereocenters. The lowest BCUT2D eigenvalue weighted by molar-refractivity contribution is 0.0526. The monoisotopic (exact) mass is 330 g/mol. The van der Waals surface area contributed by atoms with E-state index >= 15 is 0 Å². The first-order valence-electron chi connectivity index (χ1n) is 7.21. The van der Waals surface area contributed by atoms with Crippen LogP contribution in [0.2, 0.25) is 0 Å². The standard InChI is InChI=1S/C17H15FN2O2S/c1-2-22-16(21)12-5-8-14-15(9-12)23-17(20-14)19-10-11-3-6-13(18)7-4-11/h3-9H,2,10H2,1H3,(H,19,20). The number of aromatic nitrogens is 1. The third kappa shape index (κ3) is 3.65. The van der Waals surface area contributed by atoms with Crippen molar-refractivity contribution in [2.24, 2.45) is 0 Å². The molecule has 0 spiro atoms. The topological polar surface area (TPSA) is 51.2 Å². The number of nitrogens with one attached hydrogen (secondary N) is 1. The van der Waals surface area contributed by atoms with E-state index in [1.54, 1.807) is 37.3 Å². The molecule has 0 amide bonds. The fourth-order valence-corrected chi connectivity index (χ4v) is 3.02. The number of nitrogens with zero attached hydrogens (tertiary/aromatic N) is 1. The number of thiazole rings is 1. The SMILES string of the molecule is CCOC(=O)c1ccc2nc(NCc3ccc(F)cc3)sc2c1. The second-order valence-corrected chi connectivity index (χ2v) is 5.93. The van der Waals surface area contributed by atoms with Crippen LogP contribution in [0.25, 0.3) is 10.2 Å². The van der Waals surface area contributed by atoms with Crippen LogP contribution >= 0.6 is 11.3 Å². The normalized spacial score (nSPS) is 10.7. The minimum absolute atomic E-state index is 0.250. The van der Waals surface area contributed by atoms with Gasteiger partial charge in [0.1, 0.15) is 5.82 Å². The molecule has 0 aliphatic carbocycles. The van der Waals surface area contributed by atoms with Crippen molar-refractivity contribution in [1.29, 1.82) is 0 Å². The van der Waals surface area contributed by atoms with Gasteiger partial charge in [-0.3, -0.25) is 0 Å². The van der Waals surface area contributed by atoms with Crippen LogP contribution in [0, 0.1) is 5.82 Å². The van der Waals surface area contributed by atoms with Gasteiger partial charge in [-0.25, -0.2) is 14.2 Å². The van der Waals surface area contributed by atoms with Crippen LogP contribution in [0.3, 0.4) is 0 Å². The number of benzene rings is 2. The molecule has 0 saturated carbocycles. The van der Waals surface area contributed by atoms with Gasteiger partial charge in [0.05, 0.1) is 22.4 Å². The zero-order valence-corrected chi connectivity index (χ0v) is 13.3. The zero-order chi connectivity index (χ0) is 16.2. The predicted molar refractivity (Wildman–Crippen MR) is 89.3 cm³/mol. The van der Waals surface area contributed by atoms with Crippen LogP contribution in [0.1, 0.15) is 22.8 Å². The molecule has 0 fully saturated rings. The van der Waals surface area contributed by atoms with E-state index in [1.165, 1.54) is 23.5 Å². The van der Waals surface area contributed by atoms with Crippen molar-refractivity contribution < 1.29 is 13.9 Å². The summed E-state index contributed by atoms with van der Waals surface area (Å²) in [4.78, 5) is 16.2. The molecule has 0 atom stereocenters. The average Bonchev–Trinajstić information content (AvgIpc) is 2.96. The Morgan fingerprint density at radius 3 is 2.78 bits per heavy atom. The maximum Gasteiger partial charge on any atom is 0.338 e. The van der Waals surface area contributed by atoms with Crippen LogP contribution in [-0.4, -0.2) is 17.6 Å². The number of rotatable bonds is 5. The minimum atomic E-state index is -0.330. The number of fused-ring (bicyclic) bond motifs is 1. The summed E-state index contributed by atoms with van der Waals surface area (Å²) >= 11 is 1.47. The van der Waals surface area contributed by atoms with E-state index in [-0.39, 0.29) is 11.8 Å². The third-order valence-electron chi connectivity index (χ3n) is 3.26. The van der Waals surface area contributed by atoms with Gasteiger partial charge >= 0.3 is 5.97 Å². The number of hydrogen-bond donors (Lipinski definition) is 1. The Morgan fingerprint density at radius 2 is 2.04 bits per heavy atom. The molecule has 0 bridgehead atoms. The summed E-state index contributed by atoms with van der Waals surface area (Å²) in [6.07, 6.45) is 0. The lowest BCUT2D eigenvalue weighted by atomic mass is 10.2. The van der Waals surface area contributed by atoms with Gasteiger partial charge < -0.3 is 10.1 Å². The Labute approximate surface area is 136 Å². The van der Waals surface area contributed by atoms with E-state index in [9.17, 15) is 9.18 Å². The molecule has 0 saturated heterocycles. The van der Waals surface area contributed by atoms with Gasteiger partial charge in [-0.15, -0.1) is 0 Å². The summed E-state index contributed by atoms with van der Waals surface area (Å²) in [5, 5.41) is 3.97. The van der Waals surface area contributed by atoms with Crippen molar-refractivity contribution in [1.82, 2.24) is 4.98 Å². The van der Waals surface area contributed by atoms with Crippen LogP contribution in [-0.2, 0) is 11.3 Å². The molecule has 1 N–H and O–H groups in total. The molecule has 0 aliphatic heterocycles. The van der Waals surface area contributed by atoms with E-state index in [1.807, 2.05) is 0 Å². The summed E-state index contributed by atoms with van der Waals surface area (Å²) in [5.74, 6) is -0.580. The number of halogens is 1. The number of anilines is 1. The highest BCUT2D eigenvalue weighted by Gasteiger charge is 2.10. The molecule has 6 heteroatoms. The predicted octanol–water partition coefficient (Wildman–Crippen LogP) is 4.22. The molecular formula is C17H15FN2O2S. The summed E-state index contributed by atoms with van der Waals surface area (Å²) in [5.41, 5.74) is 2.32. The fourth-order valence-electron chi connectivity index (χ4n) is 2.12. The highest BCUT2D eigenvalue weighted by Crippen LogP contribution is 2.27. The van der Waals surface area contributed by atoms with Gasteiger partial charge in [0, 0.05) is 6.54 Å².